The number of pyridine rings is 1. The van der Waals surface area contributed by atoms with E-state index in [-0.39, 0.29) is 23.1 Å². The average molecular weight is 260 g/mol. The van der Waals surface area contributed by atoms with Gasteiger partial charge in [-0.1, -0.05) is 11.6 Å². The first-order valence-corrected chi connectivity index (χ1v) is 4.49. The highest BCUT2D eigenvalue weighted by Crippen LogP contribution is 2.21. The Labute approximate surface area is 101 Å². The van der Waals surface area contributed by atoms with Gasteiger partial charge in [0.15, 0.2) is 0 Å². The first-order valence-electron chi connectivity index (χ1n) is 4.11. The molecule has 0 saturated carbocycles. The maximum atomic E-state index is 11.4. The third-order valence-corrected chi connectivity index (χ3v) is 2.17. The van der Waals surface area contributed by atoms with E-state index in [0.717, 1.165) is 0 Å². The van der Waals surface area contributed by atoms with E-state index in [9.17, 15) is 9.59 Å². The molecule has 0 aliphatic carbocycles. The zero-order chi connectivity index (χ0) is 10.8. The summed E-state index contributed by atoms with van der Waals surface area (Å²) in [6.07, 6.45) is 2.83. The lowest BCUT2D eigenvalue weighted by atomic mass is 10.1. The molecule has 2 aromatic rings. The number of H-pyrrole nitrogens is 2. The van der Waals surface area contributed by atoms with Crippen LogP contribution >= 0.6 is 24.0 Å². The molecular formula is C9H7Cl2N3O2. The summed E-state index contributed by atoms with van der Waals surface area (Å²) in [6.45, 7) is 0. The highest BCUT2D eigenvalue weighted by atomic mass is 35.5. The van der Waals surface area contributed by atoms with Gasteiger partial charge in [-0.2, -0.15) is 0 Å². The van der Waals surface area contributed by atoms with Crippen molar-refractivity contribution in [1.82, 2.24) is 15.0 Å². The summed E-state index contributed by atoms with van der Waals surface area (Å²) in [5.74, 6) is 0. The molecule has 0 spiro atoms. The Balaban J connectivity index is 0.00000128. The van der Waals surface area contributed by atoms with Crippen molar-refractivity contribution >= 4 is 24.0 Å². The van der Waals surface area contributed by atoms with Gasteiger partial charge in [-0.15, -0.1) is 12.4 Å². The molecule has 16 heavy (non-hydrogen) atoms. The van der Waals surface area contributed by atoms with Gasteiger partial charge in [-0.25, -0.2) is 9.78 Å². The second-order valence-corrected chi connectivity index (χ2v) is 3.19. The molecule has 0 atom stereocenters. The van der Waals surface area contributed by atoms with Crippen LogP contribution in [0, 0.1) is 0 Å². The van der Waals surface area contributed by atoms with E-state index in [2.05, 4.69) is 15.0 Å². The minimum atomic E-state index is -0.552. The lowest BCUT2D eigenvalue weighted by molar-refractivity contribution is 1.04. The van der Waals surface area contributed by atoms with E-state index in [0.29, 0.717) is 5.56 Å². The highest BCUT2D eigenvalue weighted by Gasteiger charge is 2.07. The van der Waals surface area contributed by atoms with Crippen molar-refractivity contribution in [3.63, 3.8) is 0 Å². The first-order chi connectivity index (χ1) is 7.18. The Hall–Kier alpha value is -1.59. The van der Waals surface area contributed by atoms with Crippen molar-refractivity contribution in [1.29, 1.82) is 0 Å². The molecule has 2 N–H and O–H groups in total. The van der Waals surface area contributed by atoms with Crippen LogP contribution in [0.15, 0.2) is 34.1 Å². The van der Waals surface area contributed by atoms with Gasteiger partial charge in [0.05, 0.1) is 5.56 Å². The van der Waals surface area contributed by atoms with Gasteiger partial charge in [0.25, 0.3) is 5.56 Å². The lowest BCUT2D eigenvalue weighted by Crippen LogP contribution is -2.22. The van der Waals surface area contributed by atoms with Crippen LogP contribution in [0.4, 0.5) is 0 Å². The van der Waals surface area contributed by atoms with E-state index in [1.165, 1.54) is 12.4 Å². The summed E-state index contributed by atoms with van der Waals surface area (Å²) in [5.41, 5.74) is -0.276. The van der Waals surface area contributed by atoms with E-state index in [1.807, 2.05) is 0 Å². The number of rotatable bonds is 1. The van der Waals surface area contributed by atoms with Gasteiger partial charge in [0.1, 0.15) is 5.15 Å². The minimum Gasteiger partial charge on any atom is -0.313 e. The maximum absolute atomic E-state index is 11.4. The fourth-order valence-electron chi connectivity index (χ4n) is 1.20. The average Bonchev–Trinajstić information content (AvgIpc) is 2.20. The Bertz CT molecular complexity index is 606. The smallest absolute Gasteiger partial charge is 0.313 e. The molecule has 0 radical (unpaired) electrons. The Morgan fingerprint density at radius 3 is 2.62 bits per heavy atom. The van der Waals surface area contributed by atoms with Crippen molar-refractivity contribution in [3.8, 4) is 11.1 Å². The molecular weight excluding hydrogens is 253 g/mol. The second kappa shape index (κ2) is 4.96. The van der Waals surface area contributed by atoms with Crippen LogP contribution in [0.1, 0.15) is 0 Å². The van der Waals surface area contributed by atoms with Crippen molar-refractivity contribution in [2.75, 3.05) is 0 Å². The summed E-state index contributed by atoms with van der Waals surface area (Å²) >= 11 is 5.81. The Kier molecular flexibility index (Phi) is 3.87. The van der Waals surface area contributed by atoms with Crippen molar-refractivity contribution < 1.29 is 0 Å². The third kappa shape index (κ3) is 2.32. The van der Waals surface area contributed by atoms with Gasteiger partial charge in [-0.05, 0) is 12.1 Å². The Morgan fingerprint density at radius 1 is 1.25 bits per heavy atom. The molecule has 0 saturated heterocycles. The SMILES string of the molecule is Cl.O=c1[nH]cc(-c2cccnc2Cl)c(=O)[nH]1. The topological polar surface area (TPSA) is 78.6 Å². The number of hydrogen-bond acceptors (Lipinski definition) is 3. The van der Waals surface area contributed by atoms with Gasteiger partial charge >= 0.3 is 5.69 Å². The predicted octanol–water partition coefficient (Wildman–Crippen LogP) is 1.20. The van der Waals surface area contributed by atoms with Gasteiger partial charge in [-0.3, -0.25) is 9.78 Å². The zero-order valence-electron chi connectivity index (χ0n) is 7.86. The molecule has 0 amide bonds. The van der Waals surface area contributed by atoms with Crippen molar-refractivity contribution in [2.24, 2.45) is 0 Å². The zero-order valence-corrected chi connectivity index (χ0v) is 9.43. The fourth-order valence-corrected chi connectivity index (χ4v) is 1.42. The molecule has 0 aromatic carbocycles. The van der Waals surface area contributed by atoms with Gasteiger partial charge in [0.2, 0.25) is 0 Å². The largest absolute Gasteiger partial charge is 0.325 e. The summed E-state index contributed by atoms with van der Waals surface area (Å²) in [7, 11) is 0. The minimum absolute atomic E-state index is 0. The normalized spacial score (nSPS) is 9.56. The number of aromatic amines is 2. The number of nitrogens with zero attached hydrogens (tertiary/aromatic N) is 1. The van der Waals surface area contributed by atoms with Crippen LogP contribution in [0.2, 0.25) is 5.15 Å². The molecule has 5 nitrogen and oxygen atoms in total. The molecule has 0 aliphatic rings. The van der Waals surface area contributed by atoms with Gasteiger partial charge in [0, 0.05) is 18.0 Å². The predicted molar refractivity (Wildman–Crippen MR) is 63.2 cm³/mol. The summed E-state index contributed by atoms with van der Waals surface area (Å²) < 4.78 is 0. The van der Waals surface area contributed by atoms with E-state index >= 15 is 0 Å². The summed E-state index contributed by atoms with van der Waals surface area (Å²) in [5, 5.41) is 0.218. The lowest BCUT2D eigenvalue weighted by Gasteiger charge is -2.00. The second-order valence-electron chi connectivity index (χ2n) is 2.83. The fraction of sp³-hybridized carbons (Fsp3) is 0. The number of halogens is 2. The van der Waals surface area contributed by atoms with Crippen LogP contribution in [0.25, 0.3) is 11.1 Å². The summed E-state index contributed by atoms with van der Waals surface area (Å²) in [6, 6.07) is 3.31. The van der Waals surface area contributed by atoms with E-state index in [4.69, 9.17) is 11.6 Å². The van der Waals surface area contributed by atoms with Gasteiger partial charge < -0.3 is 4.98 Å². The monoisotopic (exact) mass is 259 g/mol. The van der Waals surface area contributed by atoms with Crippen LogP contribution in [0.5, 0.6) is 0 Å². The standard InChI is InChI=1S/C9H6ClN3O2.ClH/c10-7-5(2-1-3-11-7)6-4-12-9(15)13-8(6)14;/h1-4H,(H2,12,13,14,15);1H. The van der Waals surface area contributed by atoms with E-state index in [1.54, 1.807) is 12.1 Å². The molecule has 7 heteroatoms. The molecule has 2 heterocycles. The molecule has 0 unspecified atom stereocenters. The van der Waals surface area contributed by atoms with Crippen LogP contribution < -0.4 is 11.2 Å². The quantitative estimate of drug-likeness (QED) is 0.756. The molecule has 84 valence electrons. The Morgan fingerprint density at radius 2 is 2.00 bits per heavy atom. The number of aromatic nitrogens is 3. The first kappa shape index (κ1) is 12.5. The van der Waals surface area contributed by atoms with E-state index < -0.39 is 11.2 Å². The van der Waals surface area contributed by atoms with Crippen molar-refractivity contribution in [3.05, 3.63) is 50.5 Å². The van der Waals surface area contributed by atoms with Crippen molar-refractivity contribution in [2.45, 2.75) is 0 Å². The summed E-state index contributed by atoms with van der Waals surface area (Å²) in [4.78, 5) is 30.5. The highest BCUT2D eigenvalue weighted by molar-refractivity contribution is 6.32. The van der Waals surface area contributed by atoms with Crippen LogP contribution in [-0.4, -0.2) is 15.0 Å². The number of hydrogen-bond donors (Lipinski definition) is 2. The van der Waals surface area contributed by atoms with Crippen LogP contribution in [0.3, 0.4) is 0 Å². The molecule has 2 rings (SSSR count). The molecule has 0 aliphatic heterocycles. The molecule has 0 bridgehead atoms. The molecule has 0 fully saturated rings. The van der Waals surface area contributed by atoms with Crippen LogP contribution in [-0.2, 0) is 0 Å². The molecule has 2 aromatic heterocycles. The maximum Gasteiger partial charge on any atom is 0.325 e. The number of nitrogens with one attached hydrogen (secondary N) is 2. The third-order valence-electron chi connectivity index (χ3n) is 1.87.